The molecular weight excluding hydrogens is 338 g/mol. The first-order valence-electron chi connectivity index (χ1n) is 9.46. The Morgan fingerprint density at radius 1 is 1.11 bits per heavy atom. The second-order valence-corrected chi connectivity index (χ2v) is 6.88. The molecule has 4 heterocycles. The fourth-order valence-corrected chi connectivity index (χ4v) is 3.65. The third-order valence-corrected chi connectivity index (χ3v) is 5.11. The van der Waals surface area contributed by atoms with Crippen LogP contribution in [0.4, 0.5) is 0 Å². The molecule has 3 aromatic heterocycles. The largest absolute Gasteiger partial charge is 0.336 e. The second-order valence-electron chi connectivity index (χ2n) is 6.88. The molecule has 3 aromatic rings. The van der Waals surface area contributed by atoms with Crippen molar-refractivity contribution in [1.29, 1.82) is 0 Å². The van der Waals surface area contributed by atoms with Crippen LogP contribution in [0.15, 0.2) is 61.3 Å². The summed E-state index contributed by atoms with van der Waals surface area (Å²) in [5, 5.41) is 4.27. The van der Waals surface area contributed by atoms with E-state index in [9.17, 15) is 4.79 Å². The highest BCUT2D eigenvalue weighted by Gasteiger charge is 2.27. The van der Waals surface area contributed by atoms with E-state index in [2.05, 4.69) is 15.1 Å². The lowest BCUT2D eigenvalue weighted by Crippen LogP contribution is -2.44. The topological polar surface area (TPSA) is 63.9 Å². The number of carbonyl (C=O) groups excluding carboxylic acids is 1. The number of likely N-dealkylation sites (tertiary alicyclic amines) is 1. The molecule has 0 spiro atoms. The molecule has 0 bridgehead atoms. The van der Waals surface area contributed by atoms with Gasteiger partial charge in [-0.1, -0.05) is 0 Å². The summed E-state index contributed by atoms with van der Waals surface area (Å²) in [4.78, 5) is 23.7. The molecule has 1 aliphatic rings. The number of aryl methyl sites for hydroxylation is 1. The Hall–Kier alpha value is -3.02. The van der Waals surface area contributed by atoms with E-state index in [1.165, 1.54) is 6.42 Å². The highest BCUT2D eigenvalue weighted by atomic mass is 16.2. The summed E-state index contributed by atoms with van der Waals surface area (Å²) in [7, 11) is 0. The van der Waals surface area contributed by atoms with Crippen LogP contribution >= 0.6 is 0 Å². The van der Waals surface area contributed by atoms with Gasteiger partial charge in [-0.05, 0) is 56.0 Å². The van der Waals surface area contributed by atoms with Crippen molar-refractivity contribution in [1.82, 2.24) is 24.6 Å². The van der Waals surface area contributed by atoms with Crippen LogP contribution in [-0.4, -0.2) is 43.1 Å². The molecule has 4 rings (SSSR count). The molecule has 27 heavy (non-hydrogen) atoms. The van der Waals surface area contributed by atoms with E-state index in [1.54, 1.807) is 24.8 Å². The van der Waals surface area contributed by atoms with E-state index in [-0.39, 0.29) is 11.9 Å². The fourth-order valence-electron chi connectivity index (χ4n) is 3.65. The van der Waals surface area contributed by atoms with Crippen molar-refractivity contribution in [2.24, 2.45) is 0 Å². The van der Waals surface area contributed by atoms with E-state index in [0.29, 0.717) is 5.56 Å². The van der Waals surface area contributed by atoms with Crippen molar-refractivity contribution < 1.29 is 4.79 Å². The van der Waals surface area contributed by atoms with Gasteiger partial charge in [0.2, 0.25) is 0 Å². The van der Waals surface area contributed by atoms with Crippen LogP contribution in [0.2, 0.25) is 0 Å². The minimum absolute atomic E-state index is 0.0744. The van der Waals surface area contributed by atoms with Crippen LogP contribution in [-0.2, 0) is 6.54 Å². The lowest BCUT2D eigenvalue weighted by atomic mass is 9.98. The molecule has 138 valence electrons. The average Bonchev–Trinajstić information content (AvgIpc) is 3.26. The Labute approximate surface area is 158 Å². The minimum Gasteiger partial charge on any atom is -0.336 e. The maximum Gasteiger partial charge on any atom is 0.255 e. The van der Waals surface area contributed by atoms with Crippen LogP contribution in [0.3, 0.4) is 0 Å². The number of piperidine rings is 1. The second kappa shape index (κ2) is 8.12. The van der Waals surface area contributed by atoms with Crippen LogP contribution in [0.1, 0.15) is 36.0 Å². The molecule has 1 aliphatic heterocycles. The van der Waals surface area contributed by atoms with Crippen molar-refractivity contribution in [3.63, 3.8) is 0 Å². The summed E-state index contributed by atoms with van der Waals surface area (Å²) in [6.07, 6.45) is 13.2. The summed E-state index contributed by atoms with van der Waals surface area (Å²) in [6, 6.07) is 9.80. The predicted molar refractivity (Wildman–Crippen MR) is 103 cm³/mol. The zero-order valence-electron chi connectivity index (χ0n) is 15.2. The van der Waals surface area contributed by atoms with E-state index in [1.807, 2.05) is 46.1 Å². The molecule has 0 unspecified atom stereocenters. The first-order chi connectivity index (χ1) is 13.3. The Morgan fingerprint density at radius 3 is 2.81 bits per heavy atom. The number of pyridine rings is 2. The number of hydrogen-bond donors (Lipinski definition) is 0. The van der Waals surface area contributed by atoms with Gasteiger partial charge in [0, 0.05) is 55.7 Å². The number of carbonyl (C=O) groups is 1. The Morgan fingerprint density at radius 2 is 2.07 bits per heavy atom. The summed E-state index contributed by atoms with van der Waals surface area (Å²) in [5.74, 6) is 0.0744. The maximum absolute atomic E-state index is 13.1. The average molecular weight is 361 g/mol. The molecular formula is C21H23N5O. The van der Waals surface area contributed by atoms with Gasteiger partial charge in [-0.3, -0.25) is 19.4 Å². The van der Waals surface area contributed by atoms with E-state index in [0.717, 1.165) is 43.6 Å². The Balaban J connectivity index is 1.46. The Kier molecular flexibility index (Phi) is 5.23. The van der Waals surface area contributed by atoms with Gasteiger partial charge >= 0.3 is 0 Å². The number of aromatic nitrogens is 4. The van der Waals surface area contributed by atoms with Crippen molar-refractivity contribution >= 4 is 5.91 Å². The van der Waals surface area contributed by atoms with Crippen molar-refractivity contribution in [3.05, 3.63) is 66.9 Å². The van der Waals surface area contributed by atoms with Gasteiger partial charge in [-0.15, -0.1) is 0 Å². The number of nitrogens with zero attached hydrogens (tertiary/aromatic N) is 5. The van der Waals surface area contributed by atoms with Gasteiger partial charge in [0.25, 0.3) is 5.91 Å². The van der Waals surface area contributed by atoms with E-state index < -0.39 is 0 Å². The van der Waals surface area contributed by atoms with Crippen LogP contribution in [0, 0.1) is 0 Å². The van der Waals surface area contributed by atoms with Gasteiger partial charge in [0.05, 0.1) is 11.3 Å². The van der Waals surface area contributed by atoms with Crippen molar-refractivity contribution in [3.8, 4) is 11.3 Å². The number of hydrogen-bond acceptors (Lipinski definition) is 4. The van der Waals surface area contributed by atoms with Gasteiger partial charge in [-0.2, -0.15) is 5.10 Å². The zero-order chi connectivity index (χ0) is 18.5. The van der Waals surface area contributed by atoms with E-state index >= 15 is 0 Å². The standard InChI is InChI=1S/C21H23N5O/c27-21(18-7-8-20(23-16-18)17-5-3-10-22-15-17)26-13-2-1-6-19(26)9-14-25-12-4-11-24-25/h3-5,7-8,10-12,15-16,19H,1-2,6,9,13-14H2/t19-/m0/s1. The first kappa shape index (κ1) is 17.4. The molecule has 1 fully saturated rings. The Bertz CT molecular complexity index is 861. The lowest BCUT2D eigenvalue weighted by Gasteiger charge is -2.36. The molecule has 0 aliphatic carbocycles. The highest BCUT2D eigenvalue weighted by molar-refractivity contribution is 5.94. The fraction of sp³-hybridized carbons (Fsp3) is 0.333. The monoisotopic (exact) mass is 361 g/mol. The van der Waals surface area contributed by atoms with Crippen LogP contribution < -0.4 is 0 Å². The SMILES string of the molecule is O=C(c1ccc(-c2cccnc2)nc1)N1CCCC[C@H]1CCn1cccn1. The summed E-state index contributed by atoms with van der Waals surface area (Å²) < 4.78 is 1.93. The minimum atomic E-state index is 0.0744. The van der Waals surface area contributed by atoms with Crippen molar-refractivity contribution in [2.45, 2.75) is 38.3 Å². The predicted octanol–water partition coefficient (Wildman–Crippen LogP) is 3.43. The molecule has 0 N–H and O–H groups in total. The molecule has 1 amide bonds. The molecule has 1 atom stereocenters. The van der Waals surface area contributed by atoms with E-state index in [4.69, 9.17) is 0 Å². The maximum atomic E-state index is 13.1. The summed E-state index contributed by atoms with van der Waals surface area (Å²) in [5.41, 5.74) is 2.42. The molecule has 0 aromatic carbocycles. The van der Waals surface area contributed by atoms with Crippen LogP contribution in [0.25, 0.3) is 11.3 Å². The molecule has 6 nitrogen and oxygen atoms in total. The van der Waals surface area contributed by atoms with Crippen molar-refractivity contribution in [2.75, 3.05) is 6.54 Å². The van der Waals surface area contributed by atoms with Gasteiger partial charge in [0.1, 0.15) is 0 Å². The third kappa shape index (κ3) is 4.05. The van der Waals surface area contributed by atoms with Gasteiger partial charge in [0.15, 0.2) is 0 Å². The first-order valence-corrected chi connectivity index (χ1v) is 9.46. The van der Waals surface area contributed by atoms with Gasteiger partial charge in [-0.25, -0.2) is 0 Å². The zero-order valence-corrected chi connectivity index (χ0v) is 15.2. The highest BCUT2D eigenvalue weighted by Crippen LogP contribution is 2.23. The molecule has 0 radical (unpaired) electrons. The summed E-state index contributed by atoms with van der Waals surface area (Å²) >= 11 is 0. The normalized spacial score (nSPS) is 17.0. The molecule has 0 saturated carbocycles. The third-order valence-electron chi connectivity index (χ3n) is 5.11. The quantitative estimate of drug-likeness (QED) is 0.698. The lowest BCUT2D eigenvalue weighted by molar-refractivity contribution is 0.0593. The smallest absolute Gasteiger partial charge is 0.255 e. The van der Waals surface area contributed by atoms with Crippen LogP contribution in [0.5, 0.6) is 0 Å². The number of amides is 1. The number of rotatable bonds is 5. The molecule has 1 saturated heterocycles. The molecule has 6 heteroatoms. The van der Waals surface area contributed by atoms with Gasteiger partial charge < -0.3 is 4.90 Å². The summed E-state index contributed by atoms with van der Waals surface area (Å²) in [6.45, 7) is 1.65.